The fraction of sp³-hybridized carbons (Fsp3) is 0.474. The monoisotopic (exact) mass is 359 g/mol. The number of ether oxygens (including phenoxy) is 3. The van der Waals surface area contributed by atoms with E-state index in [1.54, 1.807) is 14.2 Å². The van der Waals surface area contributed by atoms with Gasteiger partial charge in [-0.1, -0.05) is 6.07 Å². The van der Waals surface area contributed by atoms with Crippen molar-refractivity contribution in [1.82, 2.24) is 15.5 Å². The molecule has 1 amide bonds. The highest BCUT2D eigenvalue weighted by atomic mass is 16.5. The first-order valence-electron chi connectivity index (χ1n) is 8.75. The summed E-state index contributed by atoms with van der Waals surface area (Å²) in [4.78, 5) is 12.5. The molecule has 7 nitrogen and oxygen atoms in total. The van der Waals surface area contributed by atoms with Crippen LogP contribution in [0.2, 0.25) is 0 Å². The van der Waals surface area contributed by atoms with Crippen molar-refractivity contribution in [2.45, 2.75) is 38.9 Å². The lowest BCUT2D eigenvalue weighted by molar-refractivity contribution is -0.00697. The molecule has 7 heteroatoms. The van der Waals surface area contributed by atoms with Gasteiger partial charge in [0.15, 0.2) is 17.2 Å². The zero-order chi connectivity index (χ0) is 18.7. The number of H-pyrrole nitrogens is 1. The maximum absolute atomic E-state index is 12.5. The van der Waals surface area contributed by atoms with E-state index in [9.17, 15) is 4.79 Å². The van der Waals surface area contributed by atoms with Gasteiger partial charge in [-0.15, -0.1) is 0 Å². The molecule has 1 aliphatic heterocycles. The number of fused-ring (bicyclic) bond motifs is 1. The number of amides is 1. The molecule has 2 aromatic rings. The molecule has 0 bridgehead atoms. The summed E-state index contributed by atoms with van der Waals surface area (Å²) in [5, 5.41) is 10.1. The van der Waals surface area contributed by atoms with Crippen molar-refractivity contribution in [2.75, 3.05) is 20.8 Å². The maximum Gasteiger partial charge on any atom is 0.272 e. The molecule has 0 saturated carbocycles. The molecule has 0 fully saturated rings. The number of methoxy groups -OCH3 is 2. The summed E-state index contributed by atoms with van der Waals surface area (Å²) in [6.07, 6.45) is 1.38. The molecular formula is C19H25N3O4. The molecule has 2 atom stereocenters. The average Bonchev–Trinajstić information content (AvgIpc) is 3.05. The largest absolute Gasteiger partial charge is 0.493 e. The number of aromatic amines is 1. The van der Waals surface area contributed by atoms with Crippen LogP contribution < -0.4 is 14.8 Å². The van der Waals surface area contributed by atoms with Crippen LogP contribution in [0.5, 0.6) is 11.5 Å². The fourth-order valence-electron chi connectivity index (χ4n) is 3.30. The summed E-state index contributed by atoms with van der Waals surface area (Å²) in [6.45, 7) is 4.48. The smallest absolute Gasteiger partial charge is 0.272 e. The molecule has 140 valence electrons. The van der Waals surface area contributed by atoms with Gasteiger partial charge < -0.3 is 19.5 Å². The third-order valence-electron chi connectivity index (χ3n) is 4.60. The molecule has 1 aromatic carbocycles. The second kappa shape index (κ2) is 7.78. The van der Waals surface area contributed by atoms with Gasteiger partial charge in [-0.3, -0.25) is 9.89 Å². The molecule has 1 aliphatic rings. The number of carbonyl (C=O) groups is 1. The third kappa shape index (κ3) is 3.67. The Morgan fingerprint density at radius 2 is 2.08 bits per heavy atom. The van der Waals surface area contributed by atoms with Gasteiger partial charge in [0.2, 0.25) is 0 Å². The zero-order valence-corrected chi connectivity index (χ0v) is 15.6. The Balaban J connectivity index is 1.62. The Morgan fingerprint density at radius 3 is 2.81 bits per heavy atom. The molecular weight excluding hydrogens is 334 g/mol. The Bertz CT molecular complexity index is 787. The van der Waals surface area contributed by atoms with E-state index in [1.165, 1.54) is 0 Å². The molecule has 0 radical (unpaired) electrons. The van der Waals surface area contributed by atoms with Crippen molar-refractivity contribution in [1.29, 1.82) is 0 Å². The SMILES string of the molecule is COc1ccc(CCNC(=O)c2n[nH]c3c2C[C@H](C)O[C@@H]3C)cc1OC. The summed E-state index contributed by atoms with van der Waals surface area (Å²) >= 11 is 0. The molecule has 0 unspecified atom stereocenters. The van der Waals surface area contributed by atoms with Crippen molar-refractivity contribution in [3.8, 4) is 11.5 Å². The van der Waals surface area contributed by atoms with Gasteiger partial charge in [0.05, 0.1) is 32.1 Å². The lowest BCUT2D eigenvalue weighted by Crippen LogP contribution is -2.29. The second-order valence-corrected chi connectivity index (χ2v) is 6.45. The van der Waals surface area contributed by atoms with Crippen LogP contribution >= 0.6 is 0 Å². The lowest BCUT2D eigenvalue weighted by atomic mass is 9.99. The van der Waals surface area contributed by atoms with Gasteiger partial charge in [-0.05, 0) is 38.0 Å². The zero-order valence-electron chi connectivity index (χ0n) is 15.6. The molecule has 0 spiro atoms. The summed E-state index contributed by atoms with van der Waals surface area (Å²) in [5.41, 5.74) is 3.38. The topological polar surface area (TPSA) is 85.5 Å². The van der Waals surface area contributed by atoms with E-state index >= 15 is 0 Å². The van der Waals surface area contributed by atoms with Crippen LogP contribution in [0, 0.1) is 0 Å². The van der Waals surface area contributed by atoms with Crippen molar-refractivity contribution in [2.24, 2.45) is 0 Å². The summed E-state index contributed by atoms with van der Waals surface area (Å²) in [7, 11) is 3.21. The Kier molecular flexibility index (Phi) is 5.46. The highest BCUT2D eigenvalue weighted by Crippen LogP contribution is 2.30. The van der Waals surface area contributed by atoms with Crippen molar-refractivity contribution >= 4 is 5.91 Å². The molecule has 0 aliphatic carbocycles. The van der Waals surface area contributed by atoms with E-state index in [4.69, 9.17) is 14.2 Å². The van der Waals surface area contributed by atoms with Crippen LogP contribution in [0.1, 0.15) is 47.3 Å². The third-order valence-corrected chi connectivity index (χ3v) is 4.60. The first kappa shape index (κ1) is 18.3. The molecule has 26 heavy (non-hydrogen) atoms. The predicted octanol–water partition coefficient (Wildman–Crippen LogP) is 2.42. The fourth-order valence-corrected chi connectivity index (χ4v) is 3.30. The maximum atomic E-state index is 12.5. The summed E-state index contributed by atoms with van der Waals surface area (Å²) < 4.78 is 16.3. The first-order chi connectivity index (χ1) is 12.5. The van der Waals surface area contributed by atoms with Gasteiger partial charge in [0.1, 0.15) is 0 Å². The molecule has 1 aromatic heterocycles. The van der Waals surface area contributed by atoms with Gasteiger partial charge >= 0.3 is 0 Å². The van der Waals surface area contributed by atoms with E-state index in [1.807, 2.05) is 32.0 Å². The molecule has 0 saturated heterocycles. The Labute approximate surface area is 153 Å². The van der Waals surface area contributed by atoms with Gasteiger partial charge in [-0.25, -0.2) is 0 Å². The van der Waals surface area contributed by atoms with Crippen LogP contribution in [0.4, 0.5) is 0 Å². The van der Waals surface area contributed by atoms with Crippen LogP contribution in [0.15, 0.2) is 18.2 Å². The standard InChI is InChI=1S/C19H25N3O4/c1-11-9-14-17(12(2)26-11)21-22-18(14)19(23)20-8-7-13-5-6-15(24-3)16(10-13)25-4/h5-6,10-12H,7-9H2,1-4H3,(H,20,23)(H,21,22)/t11-,12+/m0/s1. The lowest BCUT2D eigenvalue weighted by Gasteiger charge is -2.25. The minimum atomic E-state index is -0.163. The number of benzene rings is 1. The van der Waals surface area contributed by atoms with Gasteiger partial charge in [-0.2, -0.15) is 5.10 Å². The number of hydrogen-bond donors (Lipinski definition) is 2. The Hall–Kier alpha value is -2.54. The van der Waals surface area contributed by atoms with Crippen molar-refractivity contribution in [3.05, 3.63) is 40.7 Å². The van der Waals surface area contributed by atoms with Crippen LogP contribution in [0.25, 0.3) is 0 Å². The van der Waals surface area contributed by atoms with E-state index in [0.717, 1.165) is 16.8 Å². The average molecular weight is 359 g/mol. The van der Waals surface area contributed by atoms with Crippen molar-refractivity contribution < 1.29 is 19.0 Å². The Morgan fingerprint density at radius 1 is 1.31 bits per heavy atom. The summed E-state index contributed by atoms with van der Waals surface area (Å²) in [5.74, 6) is 1.21. The van der Waals surface area contributed by atoms with Crippen LogP contribution in [0.3, 0.4) is 0 Å². The van der Waals surface area contributed by atoms with Crippen LogP contribution in [-0.4, -0.2) is 43.0 Å². The number of nitrogens with one attached hydrogen (secondary N) is 2. The normalized spacial score (nSPS) is 18.9. The minimum absolute atomic E-state index is 0.0745. The number of nitrogens with zero attached hydrogens (tertiary/aromatic N) is 1. The molecule has 2 heterocycles. The number of hydrogen-bond acceptors (Lipinski definition) is 5. The number of carbonyl (C=O) groups excluding carboxylic acids is 1. The molecule has 2 N–H and O–H groups in total. The van der Waals surface area contributed by atoms with Crippen LogP contribution in [-0.2, 0) is 17.6 Å². The predicted molar refractivity (Wildman–Crippen MR) is 96.8 cm³/mol. The number of aromatic nitrogens is 2. The van der Waals surface area contributed by atoms with E-state index in [2.05, 4.69) is 15.5 Å². The summed E-state index contributed by atoms with van der Waals surface area (Å²) in [6, 6.07) is 5.75. The number of rotatable bonds is 6. The van der Waals surface area contributed by atoms with E-state index in [0.29, 0.717) is 36.6 Å². The second-order valence-electron chi connectivity index (χ2n) is 6.45. The highest BCUT2D eigenvalue weighted by molar-refractivity contribution is 5.94. The van der Waals surface area contributed by atoms with Gasteiger partial charge in [0, 0.05) is 18.5 Å². The minimum Gasteiger partial charge on any atom is -0.493 e. The molecule has 3 rings (SSSR count). The van der Waals surface area contributed by atoms with E-state index < -0.39 is 0 Å². The van der Waals surface area contributed by atoms with E-state index in [-0.39, 0.29) is 18.1 Å². The van der Waals surface area contributed by atoms with Gasteiger partial charge in [0.25, 0.3) is 5.91 Å². The van der Waals surface area contributed by atoms with Crippen molar-refractivity contribution in [3.63, 3.8) is 0 Å². The highest BCUT2D eigenvalue weighted by Gasteiger charge is 2.29. The first-order valence-corrected chi connectivity index (χ1v) is 8.75. The quantitative estimate of drug-likeness (QED) is 0.827.